The molecule has 5 nitrogen and oxygen atoms in total. The molecule has 0 N–H and O–H groups in total. The lowest BCUT2D eigenvalue weighted by Crippen LogP contribution is -2.35. The van der Waals surface area contributed by atoms with E-state index in [4.69, 9.17) is 4.74 Å². The number of carbonyl (C=O) groups is 1. The number of sulfonamides is 1. The van der Waals surface area contributed by atoms with Gasteiger partial charge in [0.05, 0.1) is 24.2 Å². The van der Waals surface area contributed by atoms with E-state index in [-0.39, 0.29) is 17.2 Å². The van der Waals surface area contributed by atoms with Gasteiger partial charge in [0.25, 0.3) is 10.0 Å². The molecule has 0 aromatic heterocycles. The predicted octanol–water partition coefficient (Wildman–Crippen LogP) is 2.79. The first-order valence-corrected chi connectivity index (χ1v) is 8.84. The Bertz CT molecular complexity index is 915. The fourth-order valence-corrected chi connectivity index (χ4v) is 3.97. The first-order chi connectivity index (χ1) is 11.4. The zero-order chi connectivity index (χ0) is 17.3. The van der Waals surface area contributed by atoms with Gasteiger partial charge in [0.1, 0.15) is 5.75 Å². The van der Waals surface area contributed by atoms with E-state index < -0.39 is 10.0 Å². The molecular weight excluding hydrogens is 326 g/mol. The number of benzene rings is 2. The molecule has 0 amide bonds. The van der Waals surface area contributed by atoms with E-state index in [1.165, 1.54) is 13.2 Å². The van der Waals surface area contributed by atoms with Crippen LogP contribution in [0, 0.1) is 6.92 Å². The Balaban J connectivity index is 2.16. The molecule has 0 saturated carbocycles. The van der Waals surface area contributed by atoms with Crippen molar-refractivity contribution in [3.63, 3.8) is 0 Å². The van der Waals surface area contributed by atoms with Crippen molar-refractivity contribution >= 4 is 27.6 Å². The van der Waals surface area contributed by atoms with E-state index >= 15 is 0 Å². The summed E-state index contributed by atoms with van der Waals surface area (Å²) in [4.78, 5) is 12.2. The third kappa shape index (κ3) is 2.92. The predicted molar refractivity (Wildman–Crippen MR) is 92.7 cm³/mol. The molecule has 0 bridgehead atoms. The standard InChI is InChI=1S/C18H17NO4S/c1-13-3-9-17(10-4-13)24(21,22)19-12-15(20)7-5-14-6-8-16(23-2)11-18(14)19/h3-11H,12H2,1-2H3. The number of hydrogen-bond acceptors (Lipinski definition) is 4. The van der Waals surface area contributed by atoms with Crippen LogP contribution in [-0.4, -0.2) is 27.9 Å². The first-order valence-electron chi connectivity index (χ1n) is 7.40. The minimum absolute atomic E-state index is 0.150. The van der Waals surface area contributed by atoms with Gasteiger partial charge in [-0.2, -0.15) is 0 Å². The maximum absolute atomic E-state index is 13.1. The van der Waals surface area contributed by atoms with Crippen molar-refractivity contribution < 1.29 is 17.9 Å². The summed E-state index contributed by atoms with van der Waals surface area (Å²) in [5.41, 5.74) is 2.04. The number of carbonyl (C=O) groups excluding carboxylic acids is 1. The lowest BCUT2D eigenvalue weighted by atomic mass is 10.1. The Kier molecular flexibility index (Phi) is 4.15. The van der Waals surface area contributed by atoms with Crippen LogP contribution < -0.4 is 9.04 Å². The first kappa shape index (κ1) is 16.3. The summed E-state index contributed by atoms with van der Waals surface area (Å²) in [5.74, 6) is 0.251. The minimum Gasteiger partial charge on any atom is -0.497 e. The van der Waals surface area contributed by atoms with E-state index in [1.807, 2.05) is 6.92 Å². The second-order valence-electron chi connectivity index (χ2n) is 5.55. The third-order valence-corrected chi connectivity index (χ3v) is 5.64. The van der Waals surface area contributed by atoms with Gasteiger partial charge in [-0.25, -0.2) is 8.42 Å². The fraction of sp³-hybridized carbons (Fsp3) is 0.167. The number of fused-ring (bicyclic) bond motifs is 1. The molecule has 0 saturated heterocycles. The van der Waals surface area contributed by atoms with Gasteiger partial charge in [-0.3, -0.25) is 9.10 Å². The average Bonchev–Trinajstić information content (AvgIpc) is 2.74. The van der Waals surface area contributed by atoms with Gasteiger partial charge < -0.3 is 4.74 Å². The molecule has 0 unspecified atom stereocenters. The summed E-state index contributed by atoms with van der Waals surface area (Å²) >= 11 is 0. The normalized spacial score (nSPS) is 14.2. The zero-order valence-corrected chi connectivity index (χ0v) is 14.2. The van der Waals surface area contributed by atoms with Gasteiger partial charge in [0, 0.05) is 6.07 Å². The molecule has 3 rings (SSSR count). The fourth-order valence-electron chi connectivity index (χ4n) is 2.52. The zero-order valence-electron chi connectivity index (χ0n) is 13.4. The monoisotopic (exact) mass is 343 g/mol. The van der Waals surface area contributed by atoms with E-state index in [9.17, 15) is 13.2 Å². The Hall–Kier alpha value is -2.60. The summed E-state index contributed by atoms with van der Waals surface area (Å²) < 4.78 is 32.5. The van der Waals surface area contributed by atoms with Crippen LogP contribution in [0.4, 0.5) is 5.69 Å². The maximum atomic E-state index is 13.1. The van der Waals surface area contributed by atoms with Gasteiger partial charge in [0.2, 0.25) is 0 Å². The number of hydrogen-bond donors (Lipinski definition) is 0. The molecule has 24 heavy (non-hydrogen) atoms. The Morgan fingerprint density at radius 3 is 2.42 bits per heavy atom. The molecule has 1 aliphatic rings. The Morgan fingerprint density at radius 2 is 1.75 bits per heavy atom. The van der Waals surface area contributed by atoms with E-state index in [1.54, 1.807) is 48.5 Å². The molecule has 1 aliphatic heterocycles. The van der Waals surface area contributed by atoms with Crippen LogP contribution in [0.1, 0.15) is 11.1 Å². The Labute approximate surface area is 141 Å². The number of ketones is 1. The third-order valence-electron chi connectivity index (χ3n) is 3.86. The van der Waals surface area contributed by atoms with Crippen molar-refractivity contribution in [1.29, 1.82) is 0 Å². The highest BCUT2D eigenvalue weighted by Gasteiger charge is 2.29. The molecule has 0 fully saturated rings. The lowest BCUT2D eigenvalue weighted by Gasteiger charge is -2.24. The Morgan fingerprint density at radius 1 is 1.04 bits per heavy atom. The number of anilines is 1. The number of rotatable bonds is 3. The minimum atomic E-state index is -3.86. The second-order valence-corrected chi connectivity index (χ2v) is 7.41. The van der Waals surface area contributed by atoms with Gasteiger partial charge in [-0.05, 0) is 48.9 Å². The van der Waals surface area contributed by atoms with Crippen molar-refractivity contribution in [3.8, 4) is 5.75 Å². The van der Waals surface area contributed by atoms with Crippen LogP contribution >= 0.6 is 0 Å². The highest BCUT2D eigenvalue weighted by molar-refractivity contribution is 7.92. The van der Waals surface area contributed by atoms with Crippen LogP contribution in [0.3, 0.4) is 0 Å². The van der Waals surface area contributed by atoms with Gasteiger partial charge in [-0.1, -0.05) is 17.7 Å². The highest BCUT2D eigenvalue weighted by Crippen LogP contribution is 2.33. The van der Waals surface area contributed by atoms with E-state index in [2.05, 4.69) is 0 Å². The lowest BCUT2D eigenvalue weighted by molar-refractivity contribution is -0.113. The van der Waals surface area contributed by atoms with Crippen LogP contribution in [0.2, 0.25) is 0 Å². The van der Waals surface area contributed by atoms with Gasteiger partial charge >= 0.3 is 0 Å². The van der Waals surface area contributed by atoms with Gasteiger partial charge in [-0.15, -0.1) is 0 Å². The molecular formula is C18H17NO4S. The molecule has 1 heterocycles. The molecule has 0 radical (unpaired) electrons. The van der Waals surface area contributed by atoms with E-state index in [0.29, 0.717) is 17.0 Å². The SMILES string of the molecule is COc1ccc2c(c1)N(S(=O)(=O)c1ccc(C)cc1)CC(=O)C=C2. The molecule has 6 heteroatoms. The highest BCUT2D eigenvalue weighted by atomic mass is 32.2. The van der Waals surface area contributed by atoms with Crippen molar-refractivity contribution in [2.45, 2.75) is 11.8 Å². The number of methoxy groups -OCH3 is 1. The summed E-state index contributed by atoms with van der Waals surface area (Å²) in [5, 5.41) is 0. The average molecular weight is 343 g/mol. The summed E-state index contributed by atoms with van der Waals surface area (Å²) in [6.45, 7) is 1.64. The topological polar surface area (TPSA) is 63.7 Å². The summed E-state index contributed by atoms with van der Waals surface area (Å²) in [6.07, 6.45) is 3.03. The molecule has 0 aliphatic carbocycles. The second kappa shape index (κ2) is 6.13. The summed E-state index contributed by atoms with van der Waals surface area (Å²) in [6, 6.07) is 11.7. The maximum Gasteiger partial charge on any atom is 0.264 e. The van der Waals surface area contributed by atoms with Crippen molar-refractivity contribution in [2.75, 3.05) is 18.0 Å². The molecule has 2 aromatic carbocycles. The van der Waals surface area contributed by atoms with Crippen LogP contribution in [-0.2, 0) is 14.8 Å². The van der Waals surface area contributed by atoms with E-state index in [0.717, 1.165) is 9.87 Å². The van der Waals surface area contributed by atoms with Crippen molar-refractivity contribution in [1.82, 2.24) is 0 Å². The van der Waals surface area contributed by atoms with Crippen LogP contribution in [0.25, 0.3) is 6.08 Å². The quantitative estimate of drug-likeness (QED) is 0.860. The van der Waals surface area contributed by atoms with Crippen LogP contribution in [0.15, 0.2) is 53.4 Å². The van der Waals surface area contributed by atoms with Crippen molar-refractivity contribution in [2.24, 2.45) is 0 Å². The molecule has 0 atom stereocenters. The molecule has 2 aromatic rings. The number of nitrogens with zero attached hydrogens (tertiary/aromatic N) is 1. The summed E-state index contributed by atoms with van der Waals surface area (Å²) in [7, 11) is -2.34. The van der Waals surface area contributed by atoms with Gasteiger partial charge in [0.15, 0.2) is 5.78 Å². The van der Waals surface area contributed by atoms with Crippen molar-refractivity contribution in [3.05, 3.63) is 59.7 Å². The smallest absolute Gasteiger partial charge is 0.264 e. The number of ether oxygens (including phenoxy) is 1. The molecule has 124 valence electrons. The molecule has 0 spiro atoms. The number of aryl methyl sites for hydroxylation is 1. The van der Waals surface area contributed by atoms with Crippen LogP contribution in [0.5, 0.6) is 5.75 Å². The largest absolute Gasteiger partial charge is 0.497 e.